The number of furan rings is 2. The number of hydrogen-bond acceptors (Lipinski definition) is 4. The minimum atomic E-state index is 0.584. The quantitative estimate of drug-likeness (QED) is 0.210. The summed E-state index contributed by atoms with van der Waals surface area (Å²) in [6.07, 6.45) is 0. The van der Waals surface area contributed by atoms with Gasteiger partial charge < -0.3 is 8.83 Å². The van der Waals surface area contributed by atoms with Crippen LogP contribution in [0.3, 0.4) is 0 Å². The third-order valence-corrected chi connectivity index (χ3v) is 8.84. The molecule has 0 atom stereocenters. The fraction of sp³-hybridized carbons (Fsp3) is 0. The second-order valence-corrected chi connectivity index (χ2v) is 11.4. The van der Waals surface area contributed by atoms with Gasteiger partial charge in [0.25, 0.3) is 0 Å². The zero-order chi connectivity index (χ0) is 29.5. The minimum absolute atomic E-state index is 0.584. The summed E-state index contributed by atoms with van der Waals surface area (Å²) in [5.74, 6) is 0.584. The molecule has 0 aliphatic rings. The third kappa shape index (κ3) is 3.49. The van der Waals surface area contributed by atoms with Crippen molar-refractivity contribution in [3.05, 3.63) is 140 Å². The lowest BCUT2D eigenvalue weighted by atomic mass is 10.0. The van der Waals surface area contributed by atoms with Crippen molar-refractivity contribution in [3.8, 4) is 28.5 Å². The van der Waals surface area contributed by atoms with Gasteiger partial charge in [-0.05, 0) is 42.5 Å². The molecule has 4 heterocycles. The van der Waals surface area contributed by atoms with Gasteiger partial charge in [0.05, 0.1) is 27.8 Å². The molecule has 210 valence electrons. The first-order valence-electron chi connectivity index (χ1n) is 15.0. The average molecular weight is 578 g/mol. The smallest absolute Gasteiger partial charge is 0.235 e. The van der Waals surface area contributed by atoms with Gasteiger partial charge in [-0.15, -0.1) is 0 Å². The Morgan fingerprint density at radius 2 is 1.07 bits per heavy atom. The van der Waals surface area contributed by atoms with E-state index in [2.05, 4.69) is 95.6 Å². The van der Waals surface area contributed by atoms with E-state index < -0.39 is 0 Å². The molecule has 0 unspecified atom stereocenters. The van der Waals surface area contributed by atoms with Crippen molar-refractivity contribution in [1.82, 2.24) is 14.5 Å². The highest BCUT2D eigenvalue weighted by atomic mass is 16.3. The first-order valence-corrected chi connectivity index (χ1v) is 15.0. The van der Waals surface area contributed by atoms with E-state index in [0.717, 1.165) is 88.2 Å². The van der Waals surface area contributed by atoms with Crippen molar-refractivity contribution in [2.75, 3.05) is 0 Å². The van der Waals surface area contributed by atoms with Crippen LogP contribution >= 0.6 is 0 Å². The van der Waals surface area contributed by atoms with Crippen LogP contribution in [0, 0.1) is 0 Å². The van der Waals surface area contributed by atoms with Gasteiger partial charge >= 0.3 is 0 Å². The predicted octanol–water partition coefficient (Wildman–Crippen LogP) is 10.7. The Balaban J connectivity index is 1.31. The monoisotopic (exact) mass is 577 g/mol. The van der Waals surface area contributed by atoms with E-state index in [0.29, 0.717) is 5.95 Å². The van der Waals surface area contributed by atoms with Crippen molar-refractivity contribution >= 4 is 65.7 Å². The van der Waals surface area contributed by atoms with Crippen LogP contribution < -0.4 is 0 Å². The summed E-state index contributed by atoms with van der Waals surface area (Å²) in [7, 11) is 0. The van der Waals surface area contributed by atoms with E-state index in [1.165, 1.54) is 0 Å². The molecule has 10 rings (SSSR count). The maximum absolute atomic E-state index is 6.52. The number of rotatable bonds is 3. The molecular formula is C40H23N3O2. The number of nitrogens with zero attached hydrogens (tertiary/aromatic N) is 3. The topological polar surface area (TPSA) is 57.0 Å². The molecule has 0 aliphatic carbocycles. The van der Waals surface area contributed by atoms with Crippen LogP contribution in [0.15, 0.2) is 148 Å². The largest absolute Gasteiger partial charge is 0.455 e. The molecule has 0 amide bonds. The lowest BCUT2D eigenvalue weighted by Crippen LogP contribution is -2.04. The van der Waals surface area contributed by atoms with Crippen LogP contribution in [-0.2, 0) is 0 Å². The Morgan fingerprint density at radius 1 is 0.444 bits per heavy atom. The summed E-state index contributed by atoms with van der Waals surface area (Å²) in [5, 5.41) is 6.49. The highest BCUT2D eigenvalue weighted by Gasteiger charge is 2.22. The normalized spacial score (nSPS) is 12.0. The van der Waals surface area contributed by atoms with Crippen molar-refractivity contribution < 1.29 is 8.83 Å². The van der Waals surface area contributed by atoms with Gasteiger partial charge in [-0.2, -0.15) is 0 Å². The third-order valence-electron chi connectivity index (χ3n) is 8.84. The molecule has 6 aromatic carbocycles. The van der Waals surface area contributed by atoms with Crippen molar-refractivity contribution in [3.63, 3.8) is 0 Å². The second-order valence-electron chi connectivity index (χ2n) is 11.4. The highest BCUT2D eigenvalue weighted by molar-refractivity contribution is 6.23. The van der Waals surface area contributed by atoms with Crippen molar-refractivity contribution in [2.24, 2.45) is 0 Å². The molecule has 5 heteroatoms. The molecule has 0 fully saturated rings. The van der Waals surface area contributed by atoms with Crippen LogP contribution in [0.1, 0.15) is 0 Å². The summed E-state index contributed by atoms with van der Waals surface area (Å²) in [5.41, 5.74) is 8.97. The van der Waals surface area contributed by atoms with Crippen molar-refractivity contribution in [1.29, 1.82) is 0 Å². The lowest BCUT2D eigenvalue weighted by molar-refractivity contribution is 0.669. The highest BCUT2D eigenvalue weighted by Crippen LogP contribution is 2.41. The number of fused-ring (bicyclic) bond motifs is 10. The van der Waals surface area contributed by atoms with E-state index in [9.17, 15) is 0 Å². The molecule has 0 bridgehead atoms. The molecule has 10 aromatic rings. The lowest BCUT2D eigenvalue weighted by Gasteiger charge is -2.12. The van der Waals surface area contributed by atoms with Crippen LogP contribution in [0.4, 0.5) is 0 Å². The van der Waals surface area contributed by atoms with E-state index in [-0.39, 0.29) is 0 Å². The average Bonchev–Trinajstić information content (AvgIpc) is 3.78. The first kappa shape index (κ1) is 24.3. The van der Waals surface area contributed by atoms with E-state index in [1.54, 1.807) is 0 Å². The molecular weight excluding hydrogens is 554 g/mol. The summed E-state index contributed by atoms with van der Waals surface area (Å²) in [4.78, 5) is 10.5. The number of para-hydroxylation sites is 4. The maximum Gasteiger partial charge on any atom is 0.235 e. The Bertz CT molecular complexity index is 2770. The Morgan fingerprint density at radius 3 is 1.87 bits per heavy atom. The molecule has 5 nitrogen and oxygen atoms in total. The molecule has 4 aromatic heterocycles. The standard InChI is InChI=1S/C40H23N3O2/c1-2-11-24(12-3-1)31-23-32(29-17-10-16-27-25-13-5-8-19-35(25)44-38(27)29)42-40(41-31)43-33-18-7-4-15-30(33)37-34(43)22-21-28-26-14-6-9-20-36(26)45-39(28)37/h1-23H. The predicted molar refractivity (Wildman–Crippen MR) is 182 cm³/mol. The van der Waals surface area contributed by atoms with Gasteiger partial charge in [-0.3, -0.25) is 4.57 Å². The van der Waals surface area contributed by atoms with Gasteiger partial charge in [0.1, 0.15) is 22.3 Å². The second kappa shape index (κ2) is 9.15. The summed E-state index contributed by atoms with van der Waals surface area (Å²) < 4.78 is 15.1. The van der Waals surface area contributed by atoms with Crippen LogP contribution in [0.5, 0.6) is 0 Å². The van der Waals surface area contributed by atoms with E-state index in [4.69, 9.17) is 18.8 Å². The zero-order valence-electron chi connectivity index (χ0n) is 23.9. The molecule has 0 spiro atoms. The Labute approximate surface area is 256 Å². The van der Waals surface area contributed by atoms with E-state index in [1.807, 2.05) is 48.5 Å². The number of hydrogen-bond donors (Lipinski definition) is 0. The Hall–Kier alpha value is -6.20. The van der Waals surface area contributed by atoms with Crippen molar-refractivity contribution in [2.45, 2.75) is 0 Å². The van der Waals surface area contributed by atoms with Gasteiger partial charge in [0.15, 0.2) is 0 Å². The summed E-state index contributed by atoms with van der Waals surface area (Å²) in [6, 6.07) is 47.7. The molecule has 0 N–H and O–H groups in total. The van der Waals surface area contributed by atoms with Gasteiger partial charge in [0, 0.05) is 38.1 Å². The molecule has 0 saturated heterocycles. The van der Waals surface area contributed by atoms with Crippen LogP contribution in [-0.4, -0.2) is 14.5 Å². The molecule has 0 radical (unpaired) electrons. The maximum atomic E-state index is 6.52. The van der Waals surface area contributed by atoms with Gasteiger partial charge in [-0.1, -0.05) is 97.1 Å². The summed E-state index contributed by atoms with van der Waals surface area (Å²) >= 11 is 0. The molecule has 0 saturated carbocycles. The summed E-state index contributed by atoms with van der Waals surface area (Å²) in [6.45, 7) is 0. The minimum Gasteiger partial charge on any atom is -0.455 e. The fourth-order valence-corrected chi connectivity index (χ4v) is 6.83. The fourth-order valence-electron chi connectivity index (χ4n) is 6.83. The van der Waals surface area contributed by atoms with Gasteiger partial charge in [0.2, 0.25) is 5.95 Å². The molecule has 45 heavy (non-hydrogen) atoms. The zero-order valence-corrected chi connectivity index (χ0v) is 23.9. The Kier molecular flexibility index (Phi) is 4.93. The van der Waals surface area contributed by atoms with E-state index >= 15 is 0 Å². The van der Waals surface area contributed by atoms with Gasteiger partial charge in [-0.25, -0.2) is 9.97 Å². The number of aromatic nitrogens is 3. The van der Waals surface area contributed by atoms with Crippen LogP contribution in [0.25, 0.3) is 94.1 Å². The first-order chi connectivity index (χ1) is 22.3. The van der Waals surface area contributed by atoms with Crippen LogP contribution in [0.2, 0.25) is 0 Å². The number of benzene rings is 6. The molecule has 0 aliphatic heterocycles. The SMILES string of the molecule is c1ccc(-c2cc(-c3cccc4c3oc3ccccc34)nc(-n3c4ccccc4c4c5oc6ccccc6c5ccc43)n2)cc1.